The third kappa shape index (κ3) is 3.48. The summed E-state index contributed by atoms with van der Waals surface area (Å²) in [5, 5.41) is 4.21. The van der Waals surface area contributed by atoms with E-state index in [0.29, 0.717) is 6.04 Å². The first-order valence-electron chi connectivity index (χ1n) is 9.45. The summed E-state index contributed by atoms with van der Waals surface area (Å²) in [5.41, 5.74) is 1.16. The molecular weight excluding hydrogens is 320 g/mol. The molecule has 1 amide bonds. The molecule has 1 aromatic rings. The third-order valence-electron chi connectivity index (χ3n) is 6.29. The number of nitrogens with one attached hydrogen (secondary N) is 1. The van der Waals surface area contributed by atoms with Crippen LogP contribution in [0.4, 0.5) is 0 Å². The molecule has 4 unspecified atom stereocenters. The standard InChI is InChI=1S/C20H27ClN2O/c21-18-6-2-1-4-16(18)12-23-9-3-5-17(13-23)20(24)22-19-11-14-7-8-15(19)10-14/h1-2,4,6,14-15,17,19H,3,5,7-13H2,(H,22,24). The van der Waals surface area contributed by atoms with Gasteiger partial charge in [0.15, 0.2) is 0 Å². The Morgan fingerprint density at radius 1 is 1.21 bits per heavy atom. The van der Waals surface area contributed by atoms with Crippen molar-refractivity contribution >= 4 is 17.5 Å². The Morgan fingerprint density at radius 3 is 2.83 bits per heavy atom. The van der Waals surface area contributed by atoms with E-state index < -0.39 is 0 Å². The maximum absolute atomic E-state index is 12.7. The van der Waals surface area contributed by atoms with Crippen molar-refractivity contribution in [3.8, 4) is 0 Å². The quantitative estimate of drug-likeness (QED) is 0.897. The molecular formula is C20H27ClN2O. The summed E-state index contributed by atoms with van der Waals surface area (Å²) in [4.78, 5) is 15.1. The van der Waals surface area contributed by atoms with Gasteiger partial charge in [-0.2, -0.15) is 0 Å². The van der Waals surface area contributed by atoms with Gasteiger partial charge in [-0.15, -0.1) is 0 Å². The van der Waals surface area contributed by atoms with Crippen molar-refractivity contribution in [1.82, 2.24) is 10.2 Å². The van der Waals surface area contributed by atoms with Crippen LogP contribution in [0.2, 0.25) is 5.02 Å². The van der Waals surface area contributed by atoms with Crippen LogP contribution in [0, 0.1) is 17.8 Å². The largest absolute Gasteiger partial charge is 0.353 e. The van der Waals surface area contributed by atoms with Gasteiger partial charge < -0.3 is 5.32 Å². The molecule has 3 fully saturated rings. The highest BCUT2D eigenvalue weighted by Gasteiger charge is 2.41. The number of carbonyl (C=O) groups excluding carboxylic acids is 1. The molecule has 0 spiro atoms. The average Bonchev–Trinajstić information content (AvgIpc) is 3.20. The van der Waals surface area contributed by atoms with Crippen LogP contribution < -0.4 is 5.32 Å². The maximum atomic E-state index is 12.7. The van der Waals surface area contributed by atoms with E-state index in [0.717, 1.165) is 54.9 Å². The second-order valence-corrected chi connectivity index (χ2v) is 8.36. The number of benzene rings is 1. The first-order valence-corrected chi connectivity index (χ1v) is 9.83. The van der Waals surface area contributed by atoms with Gasteiger partial charge in [-0.25, -0.2) is 0 Å². The number of likely N-dealkylation sites (tertiary alicyclic amines) is 1. The van der Waals surface area contributed by atoms with E-state index >= 15 is 0 Å². The van der Waals surface area contributed by atoms with Crippen molar-refractivity contribution in [2.75, 3.05) is 13.1 Å². The zero-order valence-corrected chi connectivity index (χ0v) is 15.0. The van der Waals surface area contributed by atoms with E-state index in [2.05, 4.69) is 16.3 Å². The van der Waals surface area contributed by atoms with Gasteiger partial charge >= 0.3 is 0 Å². The molecule has 2 saturated carbocycles. The zero-order valence-electron chi connectivity index (χ0n) is 14.2. The van der Waals surface area contributed by atoms with Gasteiger partial charge in [0.2, 0.25) is 5.91 Å². The Bertz CT molecular complexity index is 605. The Hall–Kier alpha value is -1.06. The zero-order chi connectivity index (χ0) is 16.5. The molecule has 4 rings (SSSR count). The van der Waals surface area contributed by atoms with Crippen LogP contribution in [0.3, 0.4) is 0 Å². The number of rotatable bonds is 4. The van der Waals surface area contributed by atoms with Crippen LogP contribution in [0.15, 0.2) is 24.3 Å². The van der Waals surface area contributed by atoms with E-state index in [1.807, 2.05) is 18.2 Å². The topological polar surface area (TPSA) is 32.3 Å². The van der Waals surface area contributed by atoms with Gasteiger partial charge in [-0.3, -0.25) is 9.69 Å². The summed E-state index contributed by atoms with van der Waals surface area (Å²) < 4.78 is 0. The van der Waals surface area contributed by atoms with Gasteiger partial charge in [0.1, 0.15) is 0 Å². The monoisotopic (exact) mass is 346 g/mol. The first-order chi connectivity index (χ1) is 11.7. The van der Waals surface area contributed by atoms with Gasteiger partial charge in [0.25, 0.3) is 0 Å². The summed E-state index contributed by atoms with van der Waals surface area (Å²) in [5.74, 6) is 2.06. The molecule has 4 atom stereocenters. The summed E-state index contributed by atoms with van der Waals surface area (Å²) in [6.45, 7) is 2.76. The fourth-order valence-electron chi connectivity index (χ4n) is 5.00. The maximum Gasteiger partial charge on any atom is 0.224 e. The second kappa shape index (κ2) is 7.05. The lowest BCUT2D eigenvalue weighted by Gasteiger charge is -2.33. The third-order valence-corrected chi connectivity index (χ3v) is 6.66. The minimum atomic E-state index is 0.139. The lowest BCUT2D eigenvalue weighted by atomic mass is 9.92. The Labute approximate surface area is 149 Å². The van der Waals surface area contributed by atoms with E-state index in [1.165, 1.54) is 25.7 Å². The van der Waals surface area contributed by atoms with Crippen LogP contribution >= 0.6 is 11.6 Å². The van der Waals surface area contributed by atoms with Gasteiger partial charge in [0, 0.05) is 24.2 Å². The summed E-state index contributed by atoms with van der Waals surface area (Å²) in [6, 6.07) is 8.48. The molecule has 1 heterocycles. The Morgan fingerprint density at radius 2 is 2.08 bits per heavy atom. The number of amides is 1. The van der Waals surface area contributed by atoms with Crippen LogP contribution in [-0.2, 0) is 11.3 Å². The van der Waals surface area contributed by atoms with E-state index in [4.69, 9.17) is 11.6 Å². The number of nitrogens with zero attached hydrogens (tertiary/aromatic N) is 1. The van der Waals surface area contributed by atoms with Crippen molar-refractivity contribution in [1.29, 1.82) is 0 Å². The molecule has 24 heavy (non-hydrogen) atoms. The molecule has 1 N–H and O–H groups in total. The first kappa shape index (κ1) is 16.4. The number of hydrogen-bond donors (Lipinski definition) is 1. The van der Waals surface area contributed by atoms with Gasteiger partial charge in [-0.05, 0) is 62.1 Å². The number of halogens is 1. The van der Waals surface area contributed by atoms with Crippen LogP contribution in [-0.4, -0.2) is 29.9 Å². The van der Waals surface area contributed by atoms with Crippen molar-refractivity contribution < 1.29 is 4.79 Å². The van der Waals surface area contributed by atoms with E-state index in [-0.39, 0.29) is 11.8 Å². The fourth-order valence-corrected chi connectivity index (χ4v) is 5.20. The fraction of sp³-hybridized carbons (Fsp3) is 0.650. The van der Waals surface area contributed by atoms with Crippen molar-refractivity contribution in [2.45, 2.75) is 51.1 Å². The number of fused-ring (bicyclic) bond motifs is 2. The summed E-state index contributed by atoms with van der Waals surface area (Å²) in [7, 11) is 0. The SMILES string of the molecule is O=C(NC1CC2CCC1C2)C1CCCN(Cc2ccccc2Cl)C1. The lowest BCUT2D eigenvalue weighted by molar-refractivity contribution is -0.127. The average molecular weight is 347 g/mol. The summed E-state index contributed by atoms with van der Waals surface area (Å²) >= 11 is 6.29. The molecule has 1 aliphatic heterocycles. The Kier molecular flexibility index (Phi) is 4.82. The van der Waals surface area contributed by atoms with E-state index in [9.17, 15) is 4.79 Å². The van der Waals surface area contributed by atoms with E-state index in [1.54, 1.807) is 0 Å². The number of hydrogen-bond acceptors (Lipinski definition) is 2. The van der Waals surface area contributed by atoms with Crippen molar-refractivity contribution in [2.24, 2.45) is 17.8 Å². The van der Waals surface area contributed by atoms with Gasteiger partial charge in [-0.1, -0.05) is 36.2 Å². The molecule has 2 bridgehead atoms. The predicted molar refractivity (Wildman–Crippen MR) is 96.8 cm³/mol. The molecule has 2 aliphatic carbocycles. The molecule has 4 heteroatoms. The minimum absolute atomic E-state index is 0.139. The molecule has 1 saturated heterocycles. The summed E-state index contributed by atoms with van der Waals surface area (Å²) in [6.07, 6.45) is 7.37. The van der Waals surface area contributed by atoms with Crippen LogP contribution in [0.25, 0.3) is 0 Å². The number of piperidine rings is 1. The smallest absolute Gasteiger partial charge is 0.224 e. The molecule has 0 aromatic heterocycles. The highest BCUT2D eigenvalue weighted by molar-refractivity contribution is 6.31. The van der Waals surface area contributed by atoms with Crippen molar-refractivity contribution in [3.05, 3.63) is 34.9 Å². The van der Waals surface area contributed by atoms with Crippen LogP contribution in [0.5, 0.6) is 0 Å². The van der Waals surface area contributed by atoms with Gasteiger partial charge in [0.05, 0.1) is 5.92 Å². The minimum Gasteiger partial charge on any atom is -0.353 e. The highest BCUT2D eigenvalue weighted by atomic mass is 35.5. The highest BCUT2D eigenvalue weighted by Crippen LogP contribution is 2.44. The normalized spacial score (nSPS) is 32.9. The molecule has 130 valence electrons. The Balaban J connectivity index is 1.33. The lowest BCUT2D eigenvalue weighted by Crippen LogP contribution is -2.47. The van der Waals surface area contributed by atoms with Crippen molar-refractivity contribution in [3.63, 3.8) is 0 Å². The predicted octanol–water partition coefficient (Wildman–Crippen LogP) is 3.86. The molecule has 0 radical (unpaired) electrons. The molecule has 3 nitrogen and oxygen atoms in total. The molecule has 1 aromatic carbocycles. The number of carbonyl (C=O) groups is 1. The second-order valence-electron chi connectivity index (χ2n) is 7.96. The molecule has 3 aliphatic rings. The van der Waals surface area contributed by atoms with Crippen LogP contribution in [0.1, 0.15) is 44.1 Å².